The molecule has 0 amide bonds. The van der Waals surface area contributed by atoms with Gasteiger partial charge in [0.05, 0.1) is 0 Å². The first-order valence-electron chi connectivity index (χ1n) is 13.4. The highest BCUT2D eigenvalue weighted by Gasteiger charge is 2.11. The van der Waals surface area contributed by atoms with Crippen molar-refractivity contribution in [3.63, 3.8) is 0 Å². The summed E-state index contributed by atoms with van der Waals surface area (Å²) >= 11 is 0. The molecule has 1 rings (SSSR count). The standard InChI is InChI=1S/C26H54N4/c1-2-3-4-5-6-7-8-9-10-11-12-13-14-15-16-17-21-29(22-18-27)25-26-30-23-19-28-20-24-30/h9-10,28H,2-8,11-27H2,1H3/b10-9-. The van der Waals surface area contributed by atoms with Gasteiger partial charge < -0.3 is 16.0 Å². The van der Waals surface area contributed by atoms with Crippen LogP contribution in [0, 0.1) is 0 Å². The van der Waals surface area contributed by atoms with Crippen LogP contribution in [0.15, 0.2) is 12.2 Å². The highest BCUT2D eigenvalue weighted by atomic mass is 15.2. The number of unbranched alkanes of at least 4 members (excludes halogenated alkanes) is 12. The molecule has 0 unspecified atom stereocenters. The van der Waals surface area contributed by atoms with Crippen molar-refractivity contribution in [1.29, 1.82) is 0 Å². The van der Waals surface area contributed by atoms with E-state index in [1.54, 1.807) is 0 Å². The second-order valence-corrected chi connectivity index (χ2v) is 9.16. The molecule has 3 N–H and O–H groups in total. The Hall–Kier alpha value is -0.420. The molecule has 1 saturated heterocycles. The maximum atomic E-state index is 5.83. The number of hydrogen-bond donors (Lipinski definition) is 2. The third kappa shape index (κ3) is 17.3. The quantitative estimate of drug-likeness (QED) is 0.197. The number of rotatable bonds is 21. The van der Waals surface area contributed by atoms with Gasteiger partial charge in [0, 0.05) is 52.4 Å². The third-order valence-corrected chi connectivity index (χ3v) is 6.37. The van der Waals surface area contributed by atoms with Gasteiger partial charge in [-0.1, -0.05) is 76.9 Å². The zero-order valence-corrected chi connectivity index (χ0v) is 20.4. The summed E-state index contributed by atoms with van der Waals surface area (Å²) in [7, 11) is 0. The minimum atomic E-state index is 0.786. The van der Waals surface area contributed by atoms with Crippen molar-refractivity contribution < 1.29 is 0 Å². The molecule has 1 fully saturated rings. The van der Waals surface area contributed by atoms with Crippen LogP contribution in [0.5, 0.6) is 0 Å². The molecular weight excluding hydrogens is 368 g/mol. The Morgan fingerprint density at radius 2 is 1.30 bits per heavy atom. The summed E-state index contributed by atoms with van der Waals surface area (Å²) in [5, 5.41) is 3.43. The number of piperazine rings is 1. The van der Waals surface area contributed by atoms with E-state index < -0.39 is 0 Å². The highest BCUT2D eigenvalue weighted by molar-refractivity contribution is 4.81. The summed E-state index contributed by atoms with van der Waals surface area (Å²) in [6.07, 6.45) is 24.1. The smallest absolute Gasteiger partial charge is 0.0110 e. The fraction of sp³-hybridized carbons (Fsp3) is 0.923. The largest absolute Gasteiger partial charge is 0.329 e. The van der Waals surface area contributed by atoms with E-state index in [9.17, 15) is 0 Å². The lowest BCUT2D eigenvalue weighted by Crippen LogP contribution is -2.46. The first kappa shape index (κ1) is 27.6. The third-order valence-electron chi connectivity index (χ3n) is 6.37. The summed E-state index contributed by atoms with van der Waals surface area (Å²) in [5.41, 5.74) is 5.83. The molecule has 30 heavy (non-hydrogen) atoms. The van der Waals surface area contributed by atoms with Crippen LogP contribution >= 0.6 is 0 Å². The molecule has 1 heterocycles. The van der Waals surface area contributed by atoms with Gasteiger partial charge in [-0.15, -0.1) is 0 Å². The summed E-state index contributed by atoms with van der Waals surface area (Å²) in [6.45, 7) is 12.4. The Kier molecular flexibility index (Phi) is 20.1. The van der Waals surface area contributed by atoms with Gasteiger partial charge in [-0.3, -0.25) is 4.90 Å². The van der Waals surface area contributed by atoms with Crippen LogP contribution in [-0.4, -0.2) is 68.7 Å². The van der Waals surface area contributed by atoms with Crippen LogP contribution in [0.4, 0.5) is 0 Å². The number of allylic oxidation sites excluding steroid dienone is 2. The van der Waals surface area contributed by atoms with Crippen LogP contribution in [0.3, 0.4) is 0 Å². The monoisotopic (exact) mass is 422 g/mol. The fourth-order valence-corrected chi connectivity index (χ4v) is 4.32. The van der Waals surface area contributed by atoms with Crippen LogP contribution in [0.25, 0.3) is 0 Å². The average molecular weight is 423 g/mol. The van der Waals surface area contributed by atoms with Gasteiger partial charge in [-0.05, 0) is 38.6 Å². The van der Waals surface area contributed by atoms with Gasteiger partial charge in [0.2, 0.25) is 0 Å². The Bertz CT molecular complexity index is 366. The number of nitrogens with zero attached hydrogens (tertiary/aromatic N) is 2. The molecule has 0 aromatic heterocycles. The van der Waals surface area contributed by atoms with Crippen molar-refractivity contribution in [3.8, 4) is 0 Å². The van der Waals surface area contributed by atoms with Gasteiger partial charge >= 0.3 is 0 Å². The van der Waals surface area contributed by atoms with E-state index >= 15 is 0 Å². The van der Waals surface area contributed by atoms with E-state index in [2.05, 4.69) is 34.2 Å². The van der Waals surface area contributed by atoms with E-state index in [-0.39, 0.29) is 0 Å². The van der Waals surface area contributed by atoms with Crippen LogP contribution in [0.1, 0.15) is 96.8 Å². The molecule has 0 bridgehead atoms. The van der Waals surface area contributed by atoms with Gasteiger partial charge in [0.25, 0.3) is 0 Å². The number of nitrogens with one attached hydrogen (secondary N) is 1. The van der Waals surface area contributed by atoms with Crippen molar-refractivity contribution >= 4 is 0 Å². The van der Waals surface area contributed by atoms with Crippen LogP contribution < -0.4 is 11.1 Å². The van der Waals surface area contributed by atoms with Crippen molar-refractivity contribution in [2.75, 3.05) is 58.9 Å². The van der Waals surface area contributed by atoms with Crippen molar-refractivity contribution in [2.24, 2.45) is 5.73 Å². The topological polar surface area (TPSA) is 44.5 Å². The minimum absolute atomic E-state index is 0.786. The van der Waals surface area contributed by atoms with E-state index in [4.69, 9.17) is 5.73 Å². The molecule has 0 spiro atoms. The highest BCUT2D eigenvalue weighted by Crippen LogP contribution is 2.10. The van der Waals surface area contributed by atoms with E-state index in [1.807, 2.05) is 0 Å². The molecular formula is C26H54N4. The molecule has 0 aliphatic carbocycles. The molecule has 0 saturated carbocycles. The molecule has 4 heteroatoms. The number of hydrogen-bond acceptors (Lipinski definition) is 4. The first-order chi connectivity index (χ1) is 14.9. The fourth-order valence-electron chi connectivity index (χ4n) is 4.32. The van der Waals surface area contributed by atoms with Crippen LogP contribution in [0.2, 0.25) is 0 Å². The van der Waals surface area contributed by atoms with E-state index in [0.717, 1.165) is 26.2 Å². The van der Waals surface area contributed by atoms with Gasteiger partial charge in [0.15, 0.2) is 0 Å². The second kappa shape index (κ2) is 21.8. The van der Waals surface area contributed by atoms with Crippen molar-refractivity contribution in [3.05, 3.63) is 12.2 Å². The zero-order chi connectivity index (χ0) is 21.5. The van der Waals surface area contributed by atoms with Gasteiger partial charge in [-0.25, -0.2) is 0 Å². The summed E-state index contributed by atoms with van der Waals surface area (Å²) in [6, 6.07) is 0. The van der Waals surface area contributed by atoms with Crippen molar-refractivity contribution in [2.45, 2.75) is 96.8 Å². The van der Waals surface area contributed by atoms with Gasteiger partial charge in [0.1, 0.15) is 0 Å². The molecule has 0 aromatic carbocycles. The Morgan fingerprint density at radius 1 is 0.733 bits per heavy atom. The average Bonchev–Trinajstić information content (AvgIpc) is 2.77. The number of nitrogens with two attached hydrogens (primary N) is 1. The Morgan fingerprint density at radius 3 is 1.90 bits per heavy atom. The van der Waals surface area contributed by atoms with Gasteiger partial charge in [-0.2, -0.15) is 0 Å². The Balaban J connectivity index is 1.87. The second-order valence-electron chi connectivity index (χ2n) is 9.16. The molecule has 0 aromatic rings. The normalized spacial score (nSPS) is 15.6. The molecule has 4 nitrogen and oxygen atoms in total. The Labute approximate surface area is 189 Å². The summed E-state index contributed by atoms with van der Waals surface area (Å²) in [4.78, 5) is 5.17. The zero-order valence-electron chi connectivity index (χ0n) is 20.4. The lowest BCUT2D eigenvalue weighted by atomic mass is 10.1. The first-order valence-corrected chi connectivity index (χ1v) is 13.4. The predicted octanol–water partition coefficient (Wildman–Crippen LogP) is 5.19. The van der Waals surface area contributed by atoms with Crippen LogP contribution in [-0.2, 0) is 0 Å². The molecule has 178 valence electrons. The maximum absolute atomic E-state index is 5.83. The minimum Gasteiger partial charge on any atom is -0.329 e. The lowest BCUT2D eigenvalue weighted by molar-refractivity contribution is 0.189. The summed E-state index contributed by atoms with van der Waals surface area (Å²) < 4.78 is 0. The van der Waals surface area contributed by atoms with Crippen molar-refractivity contribution in [1.82, 2.24) is 15.1 Å². The van der Waals surface area contributed by atoms with E-state index in [1.165, 1.54) is 123 Å². The molecule has 1 aliphatic rings. The SMILES string of the molecule is CCCCCCCC/C=C\CCCCCCCCN(CCN)CCN1CCNCC1. The predicted molar refractivity (Wildman–Crippen MR) is 134 cm³/mol. The molecule has 0 radical (unpaired) electrons. The van der Waals surface area contributed by atoms with E-state index in [0.29, 0.717) is 0 Å². The lowest BCUT2D eigenvalue weighted by Gasteiger charge is -2.30. The molecule has 0 atom stereocenters. The molecule has 1 aliphatic heterocycles. The maximum Gasteiger partial charge on any atom is 0.0110 e. The summed E-state index contributed by atoms with van der Waals surface area (Å²) in [5.74, 6) is 0.